The van der Waals surface area contributed by atoms with Gasteiger partial charge in [0.05, 0.1) is 7.05 Å². The van der Waals surface area contributed by atoms with E-state index in [0.29, 0.717) is 0 Å². The van der Waals surface area contributed by atoms with E-state index in [0.717, 1.165) is 25.2 Å². The smallest absolute Gasteiger partial charge is 0.176 e. The summed E-state index contributed by atoms with van der Waals surface area (Å²) in [6.45, 7) is 5.25. The maximum atomic E-state index is 4.26. The Bertz CT molecular complexity index is 503. The molecule has 0 aliphatic rings. The van der Waals surface area contributed by atoms with Gasteiger partial charge in [0.15, 0.2) is 5.82 Å². The zero-order valence-electron chi connectivity index (χ0n) is 11.8. The quantitative estimate of drug-likeness (QED) is 0.859. The van der Waals surface area contributed by atoms with Crippen LogP contribution in [0.3, 0.4) is 0 Å². The van der Waals surface area contributed by atoms with Gasteiger partial charge in [-0.3, -0.25) is 0 Å². The van der Waals surface area contributed by atoms with Crippen molar-refractivity contribution in [3.05, 3.63) is 41.2 Å². The second kappa shape index (κ2) is 6.43. The van der Waals surface area contributed by atoms with Crippen molar-refractivity contribution in [1.29, 1.82) is 0 Å². The normalized spacial score (nSPS) is 12.6. The van der Waals surface area contributed by atoms with Gasteiger partial charge in [0.2, 0.25) is 0 Å². The van der Waals surface area contributed by atoms with Crippen LogP contribution in [0, 0.1) is 6.92 Å². The van der Waals surface area contributed by atoms with Gasteiger partial charge in [-0.1, -0.05) is 36.8 Å². The summed E-state index contributed by atoms with van der Waals surface area (Å²) in [5, 5.41) is 15.8. The number of tetrazole rings is 1. The van der Waals surface area contributed by atoms with E-state index in [-0.39, 0.29) is 6.04 Å². The molecular weight excluding hydrogens is 238 g/mol. The highest BCUT2D eigenvalue weighted by molar-refractivity contribution is 5.24. The number of nitrogens with zero attached hydrogens (tertiary/aromatic N) is 4. The molecule has 1 heterocycles. The van der Waals surface area contributed by atoms with Gasteiger partial charge in [-0.25, -0.2) is 0 Å². The van der Waals surface area contributed by atoms with Crippen molar-refractivity contribution in [2.75, 3.05) is 6.54 Å². The maximum absolute atomic E-state index is 4.26. The molecule has 0 spiro atoms. The van der Waals surface area contributed by atoms with E-state index >= 15 is 0 Å². The summed E-state index contributed by atoms with van der Waals surface area (Å²) in [7, 11) is 1.79. The molecule has 102 valence electrons. The molecule has 0 aliphatic heterocycles. The molecule has 1 aromatic heterocycles. The van der Waals surface area contributed by atoms with Crippen molar-refractivity contribution in [2.45, 2.75) is 32.7 Å². The number of rotatable bonds is 6. The van der Waals surface area contributed by atoms with Crippen LogP contribution in [0.25, 0.3) is 0 Å². The van der Waals surface area contributed by atoms with Crippen LogP contribution in [0.15, 0.2) is 24.3 Å². The van der Waals surface area contributed by atoms with E-state index in [2.05, 4.69) is 58.8 Å². The first-order valence-electron chi connectivity index (χ1n) is 6.72. The Morgan fingerprint density at radius 1 is 1.26 bits per heavy atom. The zero-order valence-corrected chi connectivity index (χ0v) is 11.8. The van der Waals surface area contributed by atoms with Crippen LogP contribution in [0.1, 0.15) is 36.3 Å². The van der Waals surface area contributed by atoms with Crippen molar-refractivity contribution in [1.82, 2.24) is 25.5 Å². The summed E-state index contributed by atoms with van der Waals surface area (Å²) in [6, 6.07) is 8.85. The molecule has 0 saturated heterocycles. The van der Waals surface area contributed by atoms with Crippen LogP contribution >= 0.6 is 0 Å². The van der Waals surface area contributed by atoms with Gasteiger partial charge in [-0.2, -0.15) is 4.80 Å². The summed E-state index contributed by atoms with van der Waals surface area (Å²) in [4.78, 5) is 1.50. The van der Waals surface area contributed by atoms with Gasteiger partial charge in [0.1, 0.15) is 0 Å². The number of benzene rings is 1. The molecule has 1 atom stereocenters. The topological polar surface area (TPSA) is 55.6 Å². The summed E-state index contributed by atoms with van der Waals surface area (Å²) >= 11 is 0. The molecule has 0 saturated carbocycles. The van der Waals surface area contributed by atoms with Crippen LogP contribution in [0.2, 0.25) is 0 Å². The first-order chi connectivity index (χ1) is 9.19. The molecule has 0 fully saturated rings. The third-order valence-corrected chi connectivity index (χ3v) is 3.06. The zero-order chi connectivity index (χ0) is 13.7. The van der Waals surface area contributed by atoms with Crippen molar-refractivity contribution in [2.24, 2.45) is 7.05 Å². The van der Waals surface area contributed by atoms with Crippen LogP contribution in [-0.2, 0) is 13.5 Å². The van der Waals surface area contributed by atoms with E-state index in [1.54, 1.807) is 7.05 Å². The molecule has 1 aromatic carbocycles. The Morgan fingerprint density at radius 3 is 2.58 bits per heavy atom. The fraction of sp³-hybridized carbons (Fsp3) is 0.500. The van der Waals surface area contributed by atoms with E-state index in [4.69, 9.17) is 0 Å². The lowest BCUT2D eigenvalue weighted by Crippen LogP contribution is -2.24. The number of aromatic nitrogens is 4. The molecule has 0 bridgehead atoms. The standard InChI is InChI=1S/C14H21N5/c1-4-9-15-13(10-14-16-18-19(3)17-14)12-7-5-11(2)6-8-12/h5-8,13,15H,4,9-10H2,1-3H3. The third kappa shape index (κ3) is 3.86. The Morgan fingerprint density at radius 2 is 2.00 bits per heavy atom. The number of hydrogen-bond donors (Lipinski definition) is 1. The van der Waals surface area contributed by atoms with Gasteiger partial charge >= 0.3 is 0 Å². The van der Waals surface area contributed by atoms with Gasteiger partial charge in [-0.05, 0) is 30.7 Å². The monoisotopic (exact) mass is 259 g/mol. The van der Waals surface area contributed by atoms with Gasteiger partial charge in [0, 0.05) is 12.5 Å². The van der Waals surface area contributed by atoms with Gasteiger partial charge in [-0.15, -0.1) is 10.2 Å². The Balaban J connectivity index is 2.13. The van der Waals surface area contributed by atoms with Crippen LogP contribution < -0.4 is 5.32 Å². The Labute approximate surface area is 114 Å². The summed E-state index contributed by atoms with van der Waals surface area (Å²) in [6.07, 6.45) is 1.87. The molecule has 0 radical (unpaired) electrons. The van der Waals surface area contributed by atoms with Crippen molar-refractivity contribution < 1.29 is 0 Å². The van der Waals surface area contributed by atoms with Crippen molar-refractivity contribution in [3.63, 3.8) is 0 Å². The lowest BCUT2D eigenvalue weighted by molar-refractivity contribution is 0.517. The fourth-order valence-electron chi connectivity index (χ4n) is 2.01. The van der Waals surface area contributed by atoms with E-state index in [9.17, 15) is 0 Å². The molecule has 5 heteroatoms. The highest BCUT2D eigenvalue weighted by Crippen LogP contribution is 2.17. The number of nitrogens with one attached hydrogen (secondary N) is 1. The minimum Gasteiger partial charge on any atom is -0.310 e. The molecule has 2 rings (SSSR count). The Kier molecular flexibility index (Phi) is 4.63. The van der Waals surface area contributed by atoms with Crippen LogP contribution in [-0.4, -0.2) is 26.8 Å². The largest absolute Gasteiger partial charge is 0.310 e. The molecule has 0 aliphatic carbocycles. The summed E-state index contributed by atoms with van der Waals surface area (Å²) in [5.74, 6) is 0.775. The summed E-state index contributed by atoms with van der Waals surface area (Å²) < 4.78 is 0. The minimum absolute atomic E-state index is 0.241. The molecule has 5 nitrogen and oxygen atoms in total. The van der Waals surface area contributed by atoms with Crippen LogP contribution in [0.5, 0.6) is 0 Å². The molecular formula is C14H21N5. The third-order valence-electron chi connectivity index (χ3n) is 3.06. The van der Waals surface area contributed by atoms with E-state index in [1.165, 1.54) is 15.9 Å². The molecule has 2 aromatic rings. The summed E-state index contributed by atoms with van der Waals surface area (Å²) in [5.41, 5.74) is 2.54. The molecule has 0 amide bonds. The Hall–Kier alpha value is -1.75. The van der Waals surface area contributed by atoms with Crippen LogP contribution in [0.4, 0.5) is 0 Å². The van der Waals surface area contributed by atoms with Crippen molar-refractivity contribution >= 4 is 0 Å². The lowest BCUT2D eigenvalue weighted by atomic mass is 10.0. The molecule has 19 heavy (non-hydrogen) atoms. The predicted molar refractivity (Wildman–Crippen MR) is 74.7 cm³/mol. The minimum atomic E-state index is 0.241. The second-order valence-corrected chi connectivity index (χ2v) is 4.82. The van der Waals surface area contributed by atoms with E-state index < -0.39 is 0 Å². The number of hydrogen-bond acceptors (Lipinski definition) is 4. The van der Waals surface area contributed by atoms with Crippen molar-refractivity contribution in [3.8, 4) is 0 Å². The number of aryl methyl sites for hydroxylation is 2. The average molecular weight is 259 g/mol. The maximum Gasteiger partial charge on any atom is 0.176 e. The highest BCUT2D eigenvalue weighted by atomic mass is 15.6. The van der Waals surface area contributed by atoms with Gasteiger partial charge < -0.3 is 5.32 Å². The molecule has 1 N–H and O–H groups in total. The average Bonchev–Trinajstić information content (AvgIpc) is 2.81. The highest BCUT2D eigenvalue weighted by Gasteiger charge is 2.14. The first kappa shape index (κ1) is 13.7. The SMILES string of the molecule is CCCNC(Cc1nnn(C)n1)c1ccc(C)cc1. The second-order valence-electron chi connectivity index (χ2n) is 4.82. The predicted octanol–water partition coefficient (Wildman–Crippen LogP) is 1.80. The fourth-order valence-corrected chi connectivity index (χ4v) is 2.01. The van der Waals surface area contributed by atoms with Gasteiger partial charge in [0.25, 0.3) is 0 Å². The van der Waals surface area contributed by atoms with E-state index in [1.807, 2.05) is 0 Å². The molecule has 1 unspecified atom stereocenters. The lowest BCUT2D eigenvalue weighted by Gasteiger charge is -2.17. The first-order valence-corrected chi connectivity index (χ1v) is 6.72.